The predicted octanol–water partition coefficient (Wildman–Crippen LogP) is 2.52. The van der Waals surface area contributed by atoms with Gasteiger partial charge in [-0.3, -0.25) is 28.8 Å². The summed E-state index contributed by atoms with van der Waals surface area (Å²) in [5, 5.41) is 12.2. The smallest absolute Gasteiger partial charge is 0.363 e. The number of carbonyl (C=O) groups excluding carboxylic acids is 7. The number of hydrogen-bond acceptors (Lipinski definition) is 10. The van der Waals surface area contributed by atoms with E-state index in [0.717, 1.165) is 4.90 Å². The number of Topliss-reactive ketones (excluding diaryl/α,β-unsaturated/α-hetero) is 1. The second kappa shape index (κ2) is 14.3. The number of anilines is 3. The summed E-state index contributed by atoms with van der Waals surface area (Å²) >= 11 is 3.78. The number of carboxylic acids is 1. The summed E-state index contributed by atoms with van der Waals surface area (Å²) in [6.07, 6.45) is 0.141. The molecular formula is C26H22I2N4O10. The number of nitrogen functional groups attached to an aromatic ring is 1. The highest BCUT2D eigenvalue weighted by atomic mass is 127. The molecule has 0 atom stereocenters. The molecule has 220 valence electrons. The van der Waals surface area contributed by atoms with E-state index >= 15 is 0 Å². The number of amides is 5. The van der Waals surface area contributed by atoms with Crippen LogP contribution in [-0.2, 0) is 28.8 Å². The maximum Gasteiger partial charge on any atom is 0.363 e. The molecular weight excluding hydrogens is 782 g/mol. The van der Waals surface area contributed by atoms with Gasteiger partial charge in [0, 0.05) is 36.9 Å². The standard InChI is InChI=1S/2C13H11IN2O5/c14-7-10(17)15-9-3-1-8(2-4-9)13(20)21-16-11(18)5-6-12(16)19;14-5-8(17)6-1-2-7(13(20)21)11(15)12(6)16-9(18)3-4-10(16)19/h1-4H,5-7H2,(H,15,17);1-2H,3-5,15H2,(H,20,21). The van der Waals surface area contributed by atoms with Crippen molar-refractivity contribution in [2.75, 3.05) is 24.8 Å². The number of nitrogens with zero attached hydrogens (tertiary/aromatic N) is 2. The fourth-order valence-corrected chi connectivity index (χ4v) is 4.44. The molecule has 2 fully saturated rings. The van der Waals surface area contributed by atoms with E-state index in [1.807, 2.05) is 45.2 Å². The monoisotopic (exact) mass is 804 g/mol. The molecule has 42 heavy (non-hydrogen) atoms. The highest BCUT2D eigenvalue weighted by Gasteiger charge is 2.36. The Morgan fingerprint density at radius 1 is 0.810 bits per heavy atom. The van der Waals surface area contributed by atoms with E-state index < -0.39 is 35.6 Å². The number of hydroxylamine groups is 2. The van der Waals surface area contributed by atoms with E-state index in [0.29, 0.717) is 15.2 Å². The van der Waals surface area contributed by atoms with Gasteiger partial charge in [0.2, 0.25) is 17.7 Å². The Morgan fingerprint density at radius 2 is 1.33 bits per heavy atom. The molecule has 2 aromatic rings. The van der Waals surface area contributed by atoms with Crippen LogP contribution in [0.2, 0.25) is 0 Å². The number of imide groups is 2. The zero-order valence-corrected chi connectivity index (χ0v) is 25.9. The maximum atomic E-state index is 12.0. The van der Waals surface area contributed by atoms with Crippen LogP contribution in [0.5, 0.6) is 0 Å². The first-order valence-electron chi connectivity index (χ1n) is 12.0. The van der Waals surface area contributed by atoms with Gasteiger partial charge in [-0.1, -0.05) is 45.2 Å². The molecule has 4 N–H and O–H groups in total. The summed E-state index contributed by atoms with van der Waals surface area (Å²) in [6.45, 7) is 0. The molecule has 0 aliphatic carbocycles. The van der Waals surface area contributed by atoms with Gasteiger partial charge in [0.15, 0.2) is 5.78 Å². The predicted molar refractivity (Wildman–Crippen MR) is 163 cm³/mol. The lowest BCUT2D eigenvalue weighted by molar-refractivity contribution is -0.172. The van der Waals surface area contributed by atoms with Crippen LogP contribution >= 0.6 is 45.2 Å². The lowest BCUT2D eigenvalue weighted by Crippen LogP contribution is -2.32. The Morgan fingerprint density at radius 3 is 1.83 bits per heavy atom. The Hall–Kier alpha value is -3.94. The third-order valence-corrected chi connectivity index (χ3v) is 7.24. The molecule has 0 radical (unpaired) electrons. The van der Waals surface area contributed by atoms with Gasteiger partial charge in [0.05, 0.1) is 31.4 Å². The number of aromatic carboxylic acids is 1. The summed E-state index contributed by atoms with van der Waals surface area (Å²) < 4.78 is 0.438. The third kappa shape index (κ3) is 7.46. The van der Waals surface area contributed by atoms with E-state index in [9.17, 15) is 38.4 Å². The van der Waals surface area contributed by atoms with Gasteiger partial charge in [-0.2, -0.15) is 0 Å². The molecule has 0 spiro atoms. The van der Waals surface area contributed by atoms with E-state index in [2.05, 4.69) is 5.32 Å². The molecule has 2 aliphatic heterocycles. The van der Waals surface area contributed by atoms with Crippen LogP contribution in [0.4, 0.5) is 17.1 Å². The van der Waals surface area contributed by atoms with Gasteiger partial charge >= 0.3 is 11.9 Å². The Labute approximate surface area is 265 Å². The lowest BCUT2D eigenvalue weighted by atomic mass is 10.0. The second-order valence-electron chi connectivity index (χ2n) is 8.63. The number of nitrogens with one attached hydrogen (secondary N) is 1. The minimum Gasteiger partial charge on any atom is -0.478 e. The number of carboxylic acid groups (broad SMARTS) is 1. The average Bonchev–Trinajstić information content (AvgIpc) is 3.47. The summed E-state index contributed by atoms with van der Waals surface area (Å²) in [7, 11) is 0. The van der Waals surface area contributed by atoms with Crippen LogP contribution < -0.4 is 16.0 Å². The second-order valence-corrected chi connectivity index (χ2v) is 10.2. The lowest BCUT2D eigenvalue weighted by Gasteiger charge is -2.20. The first-order chi connectivity index (χ1) is 19.9. The van der Waals surface area contributed by atoms with Crippen LogP contribution in [0.3, 0.4) is 0 Å². The molecule has 4 rings (SSSR count). The number of alkyl halides is 2. The van der Waals surface area contributed by atoms with Crippen LogP contribution in [-0.4, -0.2) is 66.3 Å². The zero-order chi connectivity index (χ0) is 31.1. The summed E-state index contributed by atoms with van der Waals surface area (Å²) in [5.74, 6) is -4.61. The highest BCUT2D eigenvalue weighted by molar-refractivity contribution is 14.1. The Kier molecular flexibility index (Phi) is 11.1. The molecule has 2 aromatic carbocycles. The van der Waals surface area contributed by atoms with Gasteiger partial charge in [0.1, 0.15) is 0 Å². The van der Waals surface area contributed by atoms with E-state index in [4.69, 9.17) is 15.7 Å². The quantitative estimate of drug-likeness (QED) is 0.116. The molecule has 0 bridgehead atoms. The van der Waals surface area contributed by atoms with E-state index in [1.165, 1.54) is 36.4 Å². The summed E-state index contributed by atoms with van der Waals surface area (Å²) in [6, 6.07) is 8.44. The van der Waals surface area contributed by atoms with Crippen LogP contribution in [0.15, 0.2) is 36.4 Å². The molecule has 2 aliphatic rings. The summed E-state index contributed by atoms with van der Waals surface area (Å²) in [4.78, 5) is 98.2. The van der Waals surface area contributed by atoms with Crippen molar-refractivity contribution in [2.45, 2.75) is 25.7 Å². The van der Waals surface area contributed by atoms with Crippen LogP contribution in [0.25, 0.3) is 0 Å². The van der Waals surface area contributed by atoms with Gasteiger partial charge < -0.3 is 21.0 Å². The minimum absolute atomic E-state index is 0.0213. The Balaban J connectivity index is 0.000000230. The molecule has 0 aromatic heterocycles. The molecule has 16 heteroatoms. The van der Waals surface area contributed by atoms with Crippen molar-refractivity contribution in [3.63, 3.8) is 0 Å². The van der Waals surface area contributed by atoms with Gasteiger partial charge in [-0.05, 0) is 36.4 Å². The largest absolute Gasteiger partial charge is 0.478 e. The van der Waals surface area contributed by atoms with Crippen molar-refractivity contribution in [2.24, 2.45) is 0 Å². The Bertz CT molecular complexity index is 1460. The van der Waals surface area contributed by atoms with Crippen LogP contribution in [0, 0.1) is 0 Å². The van der Waals surface area contributed by atoms with Gasteiger partial charge in [-0.25, -0.2) is 14.5 Å². The number of rotatable bonds is 8. The fraction of sp³-hybridized carbons (Fsp3) is 0.231. The average molecular weight is 804 g/mol. The minimum atomic E-state index is -1.29. The van der Waals surface area contributed by atoms with Gasteiger partial charge in [-0.15, -0.1) is 5.06 Å². The number of hydrogen-bond donors (Lipinski definition) is 3. The first-order valence-corrected chi connectivity index (χ1v) is 15.1. The highest BCUT2D eigenvalue weighted by Crippen LogP contribution is 2.35. The number of halogens is 2. The molecule has 2 saturated heterocycles. The number of nitrogens with two attached hydrogens (primary N) is 1. The van der Waals surface area contributed by atoms with Crippen molar-refractivity contribution < 1.29 is 48.3 Å². The third-order valence-electron chi connectivity index (χ3n) is 5.85. The topological polar surface area (TPSA) is 211 Å². The maximum absolute atomic E-state index is 12.0. The van der Waals surface area contributed by atoms with Crippen molar-refractivity contribution >= 4 is 110 Å². The number of ketones is 1. The molecule has 2 heterocycles. The van der Waals surface area contributed by atoms with Crippen molar-refractivity contribution in [3.05, 3.63) is 53.1 Å². The fourth-order valence-electron chi connectivity index (χ4n) is 3.84. The molecule has 0 saturated carbocycles. The van der Waals surface area contributed by atoms with Gasteiger partial charge in [0.25, 0.3) is 11.8 Å². The molecule has 14 nitrogen and oxygen atoms in total. The van der Waals surface area contributed by atoms with Crippen molar-refractivity contribution in [3.8, 4) is 0 Å². The SMILES string of the molecule is Nc1c(C(=O)O)ccc(C(=O)CI)c1N1C(=O)CCC1=O.O=C(CI)Nc1ccc(C(=O)ON2C(=O)CCC2=O)cc1. The summed E-state index contributed by atoms with van der Waals surface area (Å²) in [5.41, 5.74) is 6.00. The normalized spacial score (nSPS) is 14.4. The van der Waals surface area contributed by atoms with E-state index in [-0.39, 0.29) is 69.9 Å². The van der Waals surface area contributed by atoms with E-state index in [1.54, 1.807) is 0 Å². The number of carbonyl (C=O) groups is 8. The first kappa shape index (κ1) is 32.6. The molecule has 5 amide bonds. The van der Waals surface area contributed by atoms with Crippen molar-refractivity contribution in [1.29, 1.82) is 0 Å². The molecule has 0 unspecified atom stereocenters. The zero-order valence-electron chi connectivity index (χ0n) is 21.6. The van der Waals surface area contributed by atoms with Crippen molar-refractivity contribution in [1.82, 2.24) is 5.06 Å². The van der Waals surface area contributed by atoms with Crippen LogP contribution in [0.1, 0.15) is 56.8 Å². The number of benzene rings is 2.